The summed E-state index contributed by atoms with van der Waals surface area (Å²) in [5.41, 5.74) is 0.0424. The molecule has 0 aromatic rings. The molecule has 2 rings (SSSR count). The molecule has 0 radical (unpaired) electrons. The molecule has 2 aliphatic rings. The van der Waals surface area contributed by atoms with Crippen LogP contribution in [0.5, 0.6) is 0 Å². The number of hydrogen-bond donors (Lipinski definition) is 2. The van der Waals surface area contributed by atoms with Gasteiger partial charge in [-0.1, -0.05) is 13.8 Å². The van der Waals surface area contributed by atoms with E-state index in [0.717, 1.165) is 57.9 Å². The highest BCUT2D eigenvalue weighted by atomic mass is 16.3. The van der Waals surface area contributed by atoms with Crippen molar-refractivity contribution in [2.45, 2.75) is 46.0 Å². The van der Waals surface area contributed by atoms with Crippen molar-refractivity contribution in [3.8, 4) is 0 Å². The molecule has 2 saturated heterocycles. The fourth-order valence-corrected chi connectivity index (χ4v) is 3.73. The van der Waals surface area contributed by atoms with Gasteiger partial charge >= 0.3 is 6.03 Å². The van der Waals surface area contributed by atoms with Gasteiger partial charge < -0.3 is 20.2 Å². The first-order valence-electron chi connectivity index (χ1n) is 8.94. The van der Waals surface area contributed by atoms with Crippen LogP contribution in [-0.2, 0) is 0 Å². The molecule has 5 heteroatoms. The van der Waals surface area contributed by atoms with Crippen LogP contribution in [-0.4, -0.2) is 66.8 Å². The number of carbonyl (C=O) groups excluding carboxylic acids is 1. The Morgan fingerprint density at radius 1 is 1.32 bits per heavy atom. The highest BCUT2D eigenvalue weighted by Gasteiger charge is 2.33. The third-order valence-corrected chi connectivity index (χ3v) is 5.64. The van der Waals surface area contributed by atoms with Crippen LogP contribution < -0.4 is 5.32 Å². The number of piperidine rings is 2. The lowest BCUT2D eigenvalue weighted by atomic mass is 9.77. The highest BCUT2D eigenvalue weighted by molar-refractivity contribution is 5.74. The molecule has 2 N–H and O–H groups in total. The van der Waals surface area contributed by atoms with Crippen LogP contribution in [0.15, 0.2) is 0 Å². The Morgan fingerprint density at radius 2 is 2.05 bits per heavy atom. The Labute approximate surface area is 135 Å². The summed E-state index contributed by atoms with van der Waals surface area (Å²) < 4.78 is 0. The number of amides is 2. The number of carbonyl (C=O) groups is 1. The van der Waals surface area contributed by atoms with Crippen molar-refractivity contribution >= 4 is 6.03 Å². The molecule has 0 aromatic carbocycles. The van der Waals surface area contributed by atoms with Crippen molar-refractivity contribution in [3.63, 3.8) is 0 Å². The molecule has 1 unspecified atom stereocenters. The molecular weight excluding hydrogens is 278 g/mol. The Kier molecular flexibility index (Phi) is 6.50. The van der Waals surface area contributed by atoms with Gasteiger partial charge in [-0.3, -0.25) is 0 Å². The first-order valence-corrected chi connectivity index (χ1v) is 8.94. The van der Waals surface area contributed by atoms with Gasteiger partial charge in [0.05, 0.1) is 0 Å². The lowest BCUT2D eigenvalue weighted by Gasteiger charge is -2.40. The molecule has 2 amide bonds. The molecule has 2 aliphatic heterocycles. The number of hydrogen-bond acceptors (Lipinski definition) is 3. The van der Waals surface area contributed by atoms with E-state index < -0.39 is 0 Å². The third-order valence-electron chi connectivity index (χ3n) is 5.64. The Morgan fingerprint density at radius 3 is 2.64 bits per heavy atom. The molecule has 0 bridgehead atoms. The zero-order valence-corrected chi connectivity index (χ0v) is 14.3. The van der Waals surface area contributed by atoms with E-state index >= 15 is 0 Å². The number of aliphatic hydroxyl groups is 1. The van der Waals surface area contributed by atoms with E-state index in [2.05, 4.69) is 24.1 Å². The minimum absolute atomic E-state index is 0.0424. The molecule has 22 heavy (non-hydrogen) atoms. The summed E-state index contributed by atoms with van der Waals surface area (Å²) in [6.07, 6.45) is 5.43. The quantitative estimate of drug-likeness (QED) is 0.815. The summed E-state index contributed by atoms with van der Waals surface area (Å²) in [5.74, 6) is 0.784. The van der Waals surface area contributed by atoms with Crippen molar-refractivity contribution in [1.29, 1.82) is 0 Å². The standard InChI is InChI=1S/C17H33N3O2/c1-3-17(14-21)6-10-20(11-7-17)16(22)18-8-12-19-9-4-5-15(2)13-19/h15,21H,3-14H2,1-2H3,(H,18,22). The van der Waals surface area contributed by atoms with Crippen molar-refractivity contribution < 1.29 is 9.90 Å². The number of nitrogens with zero attached hydrogens (tertiary/aromatic N) is 2. The molecule has 0 saturated carbocycles. The van der Waals surface area contributed by atoms with Crippen LogP contribution in [0.3, 0.4) is 0 Å². The molecule has 2 fully saturated rings. The third kappa shape index (κ3) is 4.59. The van der Waals surface area contributed by atoms with Gasteiger partial charge in [-0.15, -0.1) is 0 Å². The van der Waals surface area contributed by atoms with Crippen molar-refractivity contribution in [2.75, 3.05) is 45.9 Å². The SMILES string of the molecule is CCC1(CO)CCN(C(=O)NCCN2CCCC(C)C2)CC1. The van der Waals surface area contributed by atoms with E-state index in [1.807, 2.05) is 4.90 Å². The summed E-state index contributed by atoms with van der Waals surface area (Å²) >= 11 is 0. The smallest absolute Gasteiger partial charge is 0.317 e. The Balaban J connectivity index is 1.66. The van der Waals surface area contributed by atoms with Gasteiger partial charge in [-0.25, -0.2) is 4.79 Å². The van der Waals surface area contributed by atoms with Gasteiger partial charge in [0.2, 0.25) is 0 Å². The molecule has 128 valence electrons. The molecule has 2 heterocycles. The largest absolute Gasteiger partial charge is 0.396 e. The average Bonchev–Trinajstić information content (AvgIpc) is 2.55. The number of urea groups is 1. The highest BCUT2D eigenvalue weighted by Crippen LogP contribution is 2.34. The van der Waals surface area contributed by atoms with Gasteiger partial charge in [0, 0.05) is 39.3 Å². The molecule has 1 atom stereocenters. The second kappa shape index (κ2) is 8.16. The minimum Gasteiger partial charge on any atom is -0.396 e. The first kappa shape index (κ1) is 17.5. The van der Waals surface area contributed by atoms with Crippen LogP contribution in [0.2, 0.25) is 0 Å². The Bertz CT molecular complexity index is 348. The van der Waals surface area contributed by atoms with E-state index in [9.17, 15) is 9.90 Å². The van der Waals surface area contributed by atoms with Gasteiger partial charge in [0.1, 0.15) is 0 Å². The second-order valence-corrected chi connectivity index (χ2v) is 7.28. The summed E-state index contributed by atoms with van der Waals surface area (Å²) in [5, 5.41) is 12.6. The van der Waals surface area contributed by atoms with Crippen LogP contribution in [0.4, 0.5) is 4.79 Å². The minimum atomic E-state index is 0.0424. The van der Waals surface area contributed by atoms with Gasteiger partial charge in [0.25, 0.3) is 0 Å². The molecule has 0 aliphatic carbocycles. The van der Waals surface area contributed by atoms with Crippen molar-refractivity contribution in [1.82, 2.24) is 15.1 Å². The average molecular weight is 311 g/mol. The summed E-state index contributed by atoms with van der Waals surface area (Å²) in [4.78, 5) is 16.6. The number of aliphatic hydroxyl groups excluding tert-OH is 1. The van der Waals surface area contributed by atoms with Crippen molar-refractivity contribution in [3.05, 3.63) is 0 Å². The maximum Gasteiger partial charge on any atom is 0.317 e. The fraction of sp³-hybridized carbons (Fsp3) is 0.941. The predicted molar refractivity (Wildman–Crippen MR) is 88.9 cm³/mol. The second-order valence-electron chi connectivity index (χ2n) is 7.28. The van der Waals surface area contributed by atoms with Gasteiger partial charge in [-0.05, 0) is 50.0 Å². The zero-order chi connectivity index (χ0) is 16.0. The van der Waals surface area contributed by atoms with E-state index in [4.69, 9.17) is 0 Å². The topological polar surface area (TPSA) is 55.8 Å². The van der Waals surface area contributed by atoms with Gasteiger partial charge in [-0.2, -0.15) is 0 Å². The Hall–Kier alpha value is -0.810. The maximum atomic E-state index is 12.2. The number of rotatable bonds is 5. The molecule has 5 nitrogen and oxygen atoms in total. The van der Waals surface area contributed by atoms with Crippen LogP contribution in [0.1, 0.15) is 46.0 Å². The number of likely N-dealkylation sites (tertiary alicyclic amines) is 2. The van der Waals surface area contributed by atoms with Crippen LogP contribution >= 0.6 is 0 Å². The lowest BCUT2D eigenvalue weighted by Crippen LogP contribution is -2.49. The van der Waals surface area contributed by atoms with E-state index in [-0.39, 0.29) is 18.1 Å². The number of nitrogens with one attached hydrogen (secondary N) is 1. The van der Waals surface area contributed by atoms with Gasteiger partial charge in [0.15, 0.2) is 0 Å². The van der Waals surface area contributed by atoms with E-state index in [1.165, 1.54) is 19.4 Å². The summed E-state index contributed by atoms with van der Waals surface area (Å²) in [7, 11) is 0. The van der Waals surface area contributed by atoms with E-state index in [1.54, 1.807) is 0 Å². The normalized spacial score (nSPS) is 26.0. The molecule has 0 aromatic heterocycles. The molecular formula is C17H33N3O2. The first-order chi connectivity index (χ1) is 10.6. The van der Waals surface area contributed by atoms with Crippen LogP contribution in [0.25, 0.3) is 0 Å². The summed E-state index contributed by atoms with van der Waals surface area (Å²) in [6, 6.07) is 0.0627. The van der Waals surface area contributed by atoms with Crippen LogP contribution in [0, 0.1) is 11.3 Å². The predicted octanol–water partition coefficient (Wildman–Crippen LogP) is 1.91. The maximum absolute atomic E-state index is 12.2. The monoisotopic (exact) mass is 311 g/mol. The summed E-state index contributed by atoms with van der Waals surface area (Å²) in [6.45, 7) is 10.2. The van der Waals surface area contributed by atoms with Crippen molar-refractivity contribution in [2.24, 2.45) is 11.3 Å². The molecule has 0 spiro atoms. The lowest BCUT2D eigenvalue weighted by molar-refractivity contribution is 0.0518. The zero-order valence-electron chi connectivity index (χ0n) is 14.3. The van der Waals surface area contributed by atoms with E-state index in [0.29, 0.717) is 0 Å². The fourth-order valence-electron chi connectivity index (χ4n) is 3.73.